The summed E-state index contributed by atoms with van der Waals surface area (Å²) in [6.45, 7) is 4.32. The predicted octanol–water partition coefficient (Wildman–Crippen LogP) is 2.66. The minimum Gasteiger partial charge on any atom is -0.414 e. The molecule has 2 aromatic rings. The van der Waals surface area contributed by atoms with Crippen molar-refractivity contribution in [1.82, 2.24) is 14.7 Å². The van der Waals surface area contributed by atoms with Gasteiger partial charge in [0, 0.05) is 13.0 Å². The fraction of sp³-hybridized carbons (Fsp3) is 0.529. The maximum absolute atomic E-state index is 11.6. The Hall–Kier alpha value is -1.51. The number of aromatic nitrogens is 2. The van der Waals surface area contributed by atoms with Gasteiger partial charge in [0.25, 0.3) is 4.84 Å². The quantitative estimate of drug-likeness (QED) is 0.687. The van der Waals surface area contributed by atoms with E-state index in [4.69, 9.17) is 16.6 Å². The topological polar surface area (TPSA) is 68.3 Å². The van der Waals surface area contributed by atoms with Crippen LogP contribution in [0.3, 0.4) is 0 Å². The standard InChI is InChI=1S/C17H23N3O3S2/c1-2-19(11-14-6-4-3-5-7-14)13-20-17(24)23-16(18-20)10-15-8-9-25(21,22)12-15/h3-7,15H,2,8-13H2,1H3/t15-/m1/s1. The molecule has 0 unspecified atom stereocenters. The average molecular weight is 382 g/mol. The molecule has 0 bridgehead atoms. The van der Waals surface area contributed by atoms with Crippen molar-refractivity contribution < 1.29 is 12.8 Å². The first-order chi connectivity index (χ1) is 11.9. The molecule has 25 heavy (non-hydrogen) atoms. The van der Waals surface area contributed by atoms with Crippen LogP contribution in [0, 0.1) is 10.8 Å². The number of hydrogen-bond acceptors (Lipinski definition) is 6. The number of hydrogen-bond donors (Lipinski definition) is 0. The number of benzene rings is 1. The lowest BCUT2D eigenvalue weighted by atomic mass is 10.1. The van der Waals surface area contributed by atoms with Crippen LogP contribution >= 0.6 is 12.2 Å². The lowest BCUT2D eigenvalue weighted by Crippen LogP contribution is -2.26. The minimum atomic E-state index is -2.89. The van der Waals surface area contributed by atoms with Gasteiger partial charge in [-0.1, -0.05) is 37.3 Å². The van der Waals surface area contributed by atoms with Crippen molar-refractivity contribution in [2.75, 3.05) is 18.1 Å². The summed E-state index contributed by atoms with van der Waals surface area (Å²) < 4.78 is 30.4. The van der Waals surface area contributed by atoms with Crippen molar-refractivity contribution >= 4 is 22.1 Å². The second-order valence-corrected chi connectivity index (χ2v) is 9.08. The third kappa shape index (κ3) is 4.99. The van der Waals surface area contributed by atoms with Crippen molar-refractivity contribution in [3.05, 3.63) is 46.6 Å². The molecule has 2 heterocycles. The summed E-state index contributed by atoms with van der Waals surface area (Å²) in [5, 5.41) is 4.46. The van der Waals surface area contributed by atoms with E-state index < -0.39 is 9.84 Å². The van der Waals surface area contributed by atoms with Crippen LogP contribution in [0.1, 0.15) is 24.8 Å². The first-order valence-corrected chi connectivity index (χ1v) is 10.7. The van der Waals surface area contributed by atoms with Crippen LogP contribution in [0.15, 0.2) is 34.7 Å². The van der Waals surface area contributed by atoms with Gasteiger partial charge in [-0.15, -0.1) is 5.10 Å². The predicted molar refractivity (Wildman–Crippen MR) is 98.3 cm³/mol. The van der Waals surface area contributed by atoms with Crippen molar-refractivity contribution in [3.8, 4) is 0 Å². The van der Waals surface area contributed by atoms with Gasteiger partial charge in [0.2, 0.25) is 5.89 Å². The Morgan fingerprint density at radius 1 is 1.36 bits per heavy atom. The van der Waals surface area contributed by atoms with E-state index in [2.05, 4.69) is 29.1 Å². The zero-order valence-electron chi connectivity index (χ0n) is 14.3. The van der Waals surface area contributed by atoms with Crippen LogP contribution in [-0.2, 0) is 29.5 Å². The normalized spacial score (nSPS) is 19.5. The second-order valence-electron chi connectivity index (χ2n) is 6.51. The van der Waals surface area contributed by atoms with E-state index >= 15 is 0 Å². The highest BCUT2D eigenvalue weighted by molar-refractivity contribution is 7.91. The fourth-order valence-electron chi connectivity index (χ4n) is 3.09. The molecule has 1 aliphatic heterocycles. The van der Waals surface area contributed by atoms with Gasteiger partial charge in [-0.25, -0.2) is 13.1 Å². The van der Waals surface area contributed by atoms with E-state index in [0.29, 0.717) is 30.2 Å². The third-order valence-electron chi connectivity index (χ3n) is 4.47. The Balaban J connectivity index is 1.64. The molecular formula is C17H23N3O3S2. The van der Waals surface area contributed by atoms with E-state index in [1.54, 1.807) is 4.68 Å². The maximum atomic E-state index is 11.6. The summed E-state index contributed by atoms with van der Waals surface area (Å²) in [5.74, 6) is 1.10. The van der Waals surface area contributed by atoms with Gasteiger partial charge in [0.1, 0.15) is 0 Å². The molecule has 136 valence electrons. The first kappa shape index (κ1) is 18.3. The molecular weight excluding hydrogens is 358 g/mol. The van der Waals surface area contributed by atoms with Gasteiger partial charge in [-0.3, -0.25) is 4.90 Å². The lowest BCUT2D eigenvalue weighted by Gasteiger charge is -2.19. The van der Waals surface area contributed by atoms with Crippen molar-refractivity contribution in [3.63, 3.8) is 0 Å². The molecule has 1 atom stereocenters. The third-order valence-corrected chi connectivity index (χ3v) is 6.60. The van der Waals surface area contributed by atoms with Gasteiger partial charge in [-0.2, -0.15) is 0 Å². The molecule has 8 heteroatoms. The molecule has 3 rings (SSSR count). The van der Waals surface area contributed by atoms with Crippen molar-refractivity contribution in [2.24, 2.45) is 5.92 Å². The van der Waals surface area contributed by atoms with Gasteiger partial charge in [0.05, 0.1) is 18.2 Å². The summed E-state index contributed by atoms with van der Waals surface area (Å²) in [4.78, 5) is 2.56. The van der Waals surface area contributed by atoms with Crippen molar-refractivity contribution in [1.29, 1.82) is 0 Å². The number of nitrogens with zero attached hydrogens (tertiary/aromatic N) is 3. The van der Waals surface area contributed by atoms with E-state index in [-0.39, 0.29) is 17.4 Å². The van der Waals surface area contributed by atoms with Gasteiger partial charge in [0.15, 0.2) is 9.84 Å². The Bertz CT molecular complexity index is 859. The molecule has 0 spiro atoms. The molecule has 0 amide bonds. The SMILES string of the molecule is CCN(Cc1ccccc1)Cn1nc(C[C@H]2CCS(=O)(=O)C2)oc1=S. The summed E-state index contributed by atoms with van der Waals surface area (Å²) in [7, 11) is -2.89. The first-order valence-electron chi connectivity index (χ1n) is 8.48. The molecule has 1 aliphatic rings. The summed E-state index contributed by atoms with van der Waals surface area (Å²) in [5.41, 5.74) is 1.23. The maximum Gasteiger partial charge on any atom is 0.288 e. The van der Waals surface area contributed by atoms with Crippen LogP contribution in [-0.4, -0.2) is 41.1 Å². The Morgan fingerprint density at radius 3 is 2.76 bits per heavy atom. The van der Waals surface area contributed by atoms with Gasteiger partial charge >= 0.3 is 0 Å². The largest absolute Gasteiger partial charge is 0.414 e. The minimum absolute atomic E-state index is 0.0816. The highest BCUT2D eigenvalue weighted by Crippen LogP contribution is 2.22. The van der Waals surface area contributed by atoms with Crippen LogP contribution in [0.5, 0.6) is 0 Å². The highest BCUT2D eigenvalue weighted by Gasteiger charge is 2.29. The van der Waals surface area contributed by atoms with Crippen LogP contribution in [0.25, 0.3) is 0 Å². The molecule has 1 fully saturated rings. The molecule has 0 aliphatic carbocycles. The molecule has 0 N–H and O–H groups in total. The van der Waals surface area contributed by atoms with Crippen LogP contribution < -0.4 is 0 Å². The summed E-state index contributed by atoms with van der Waals surface area (Å²) >= 11 is 5.28. The molecule has 0 saturated carbocycles. The molecule has 1 aromatic carbocycles. The molecule has 1 aromatic heterocycles. The Labute approximate surface area is 153 Å². The smallest absolute Gasteiger partial charge is 0.288 e. The Morgan fingerprint density at radius 2 is 2.12 bits per heavy atom. The molecule has 0 radical (unpaired) electrons. The number of sulfone groups is 1. The molecule has 1 saturated heterocycles. The zero-order chi connectivity index (χ0) is 17.9. The monoisotopic (exact) mass is 381 g/mol. The fourth-order valence-corrected chi connectivity index (χ4v) is 5.15. The Kier molecular flexibility index (Phi) is 5.71. The highest BCUT2D eigenvalue weighted by atomic mass is 32.2. The van der Waals surface area contributed by atoms with E-state index in [0.717, 1.165) is 13.1 Å². The average Bonchev–Trinajstić information content (AvgIpc) is 3.09. The van der Waals surface area contributed by atoms with E-state index in [1.165, 1.54) is 5.56 Å². The van der Waals surface area contributed by atoms with Crippen molar-refractivity contribution in [2.45, 2.75) is 33.0 Å². The van der Waals surface area contributed by atoms with Gasteiger partial charge < -0.3 is 4.42 Å². The lowest BCUT2D eigenvalue weighted by molar-refractivity contribution is 0.205. The summed E-state index contributed by atoms with van der Waals surface area (Å²) in [6, 6.07) is 10.2. The molecule has 6 nitrogen and oxygen atoms in total. The van der Waals surface area contributed by atoms with E-state index in [1.807, 2.05) is 18.2 Å². The van der Waals surface area contributed by atoms with Gasteiger partial charge in [-0.05, 0) is 36.7 Å². The van der Waals surface area contributed by atoms with Crippen LogP contribution in [0.2, 0.25) is 0 Å². The summed E-state index contributed by atoms with van der Waals surface area (Å²) in [6.07, 6.45) is 1.20. The number of rotatable bonds is 7. The van der Waals surface area contributed by atoms with Crippen LogP contribution in [0.4, 0.5) is 0 Å². The van der Waals surface area contributed by atoms with E-state index in [9.17, 15) is 8.42 Å². The second kappa shape index (κ2) is 7.80. The zero-order valence-corrected chi connectivity index (χ0v) is 15.9.